The number of rotatable bonds is 4. The van der Waals surface area contributed by atoms with Gasteiger partial charge in [-0.15, -0.1) is 0 Å². The van der Waals surface area contributed by atoms with Crippen molar-refractivity contribution in [1.29, 1.82) is 0 Å². The fourth-order valence-electron chi connectivity index (χ4n) is 3.63. The van der Waals surface area contributed by atoms with E-state index in [1.165, 1.54) is 0 Å². The number of nitrogens with zero attached hydrogens (tertiary/aromatic N) is 1. The van der Waals surface area contributed by atoms with Gasteiger partial charge in [0.05, 0.1) is 41.9 Å². The molecule has 7 nitrogen and oxygen atoms in total. The number of thioether (sulfide) groups is 1. The Labute approximate surface area is 184 Å². The molecule has 0 bridgehead atoms. The molecule has 0 spiro atoms. The summed E-state index contributed by atoms with van der Waals surface area (Å²) in [6, 6.07) is 13.0. The van der Waals surface area contributed by atoms with Crippen LogP contribution >= 0.6 is 11.8 Å². The zero-order valence-electron chi connectivity index (χ0n) is 17.1. The summed E-state index contributed by atoms with van der Waals surface area (Å²) in [4.78, 5) is 37.5. The third-order valence-electron chi connectivity index (χ3n) is 5.19. The Bertz CT molecular complexity index is 1120. The van der Waals surface area contributed by atoms with Gasteiger partial charge in [0.15, 0.2) is 0 Å². The number of carbonyl (C=O) groups excluding carboxylic acids is 3. The highest BCUT2D eigenvalue weighted by molar-refractivity contribution is 8.15. The summed E-state index contributed by atoms with van der Waals surface area (Å²) in [5, 5.41) is 4.50. The van der Waals surface area contributed by atoms with E-state index in [4.69, 9.17) is 4.74 Å². The van der Waals surface area contributed by atoms with Crippen molar-refractivity contribution < 1.29 is 19.1 Å². The average Bonchev–Trinajstić information content (AvgIpc) is 3.07. The van der Waals surface area contributed by atoms with Crippen LogP contribution in [0, 0.1) is 11.8 Å². The third-order valence-corrected chi connectivity index (χ3v) is 6.17. The maximum absolute atomic E-state index is 12.2. The number of para-hydroxylation sites is 1. The van der Waals surface area contributed by atoms with E-state index in [1.807, 2.05) is 48.2 Å². The van der Waals surface area contributed by atoms with Gasteiger partial charge >= 0.3 is 0 Å². The van der Waals surface area contributed by atoms with Crippen LogP contribution in [-0.4, -0.2) is 42.1 Å². The van der Waals surface area contributed by atoms with Gasteiger partial charge in [0, 0.05) is 0 Å². The third kappa shape index (κ3) is 4.37. The van der Waals surface area contributed by atoms with E-state index in [0.717, 1.165) is 23.0 Å². The van der Waals surface area contributed by atoms with Crippen molar-refractivity contribution in [2.75, 3.05) is 18.6 Å². The van der Waals surface area contributed by atoms with Gasteiger partial charge in [-0.1, -0.05) is 41.8 Å². The molecule has 0 saturated carbocycles. The normalized spacial score (nSPS) is 19.8. The first-order valence-electron chi connectivity index (χ1n) is 9.80. The number of amides is 3. The lowest BCUT2D eigenvalue weighted by molar-refractivity contribution is -0.118. The summed E-state index contributed by atoms with van der Waals surface area (Å²) < 4.78 is 5.43. The SMILES string of the molecule is COc1ccc(CC2SC(=O)NC2=O)cc1C#CCN1c2ccccc2C(=O)NC1C. The lowest BCUT2D eigenvalue weighted by atomic mass is 10.0. The predicted octanol–water partition coefficient (Wildman–Crippen LogP) is 2.54. The van der Waals surface area contributed by atoms with Crippen LogP contribution in [0.15, 0.2) is 42.5 Å². The number of methoxy groups -OCH3 is 1. The Balaban J connectivity index is 1.54. The summed E-state index contributed by atoms with van der Waals surface area (Å²) in [7, 11) is 1.58. The van der Waals surface area contributed by atoms with E-state index in [2.05, 4.69) is 22.5 Å². The molecular formula is C23H21N3O4S. The monoisotopic (exact) mass is 435 g/mol. The molecule has 0 aliphatic carbocycles. The van der Waals surface area contributed by atoms with Crippen LogP contribution < -0.4 is 20.3 Å². The molecular weight excluding hydrogens is 414 g/mol. The Hall–Kier alpha value is -3.44. The molecule has 1 saturated heterocycles. The smallest absolute Gasteiger partial charge is 0.286 e. The molecule has 1 fully saturated rings. The minimum Gasteiger partial charge on any atom is -0.495 e. The van der Waals surface area contributed by atoms with Crippen molar-refractivity contribution in [3.8, 4) is 17.6 Å². The second-order valence-electron chi connectivity index (χ2n) is 7.22. The minimum absolute atomic E-state index is 0.0889. The van der Waals surface area contributed by atoms with Crippen LogP contribution in [0.25, 0.3) is 0 Å². The first-order chi connectivity index (χ1) is 15.0. The summed E-state index contributed by atoms with van der Waals surface area (Å²) in [6.07, 6.45) is 0.254. The summed E-state index contributed by atoms with van der Waals surface area (Å²) in [6.45, 7) is 2.34. The molecule has 2 atom stereocenters. The van der Waals surface area contributed by atoms with Crippen molar-refractivity contribution in [2.45, 2.75) is 24.8 Å². The second-order valence-corrected chi connectivity index (χ2v) is 8.39. The van der Waals surface area contributed by atoms with E-state index in [1.54, 1.807) is 13.2 Å². The van der Waals surface area contributed by atoms with Gasteiger partial charge in [-0.2, -0.15) is 0 Å². The molecule has 31 heavy (non-hydrogen) atoms. The second kappa shape index (κ2) is 8.74. The minimum atomic E-state index is -0.434. The molecule has 2 aliphatic rings. The molecule has 8 heteroatoms. The van der Waals surface area contributed by atoms with Gasteiger partial charge in [-0.05, 0) is 43.2 Å². The number of fused-ring (bicyclic) bond motifs is 1. The number of benzene rings is 2. The quantitative estimate of drug-likeness (QED) is 0.718. The van der Waals surface area contributed by atoms with Crippen molar-refractivity contribution in [2.24, 2.45) is 0 Å². The van der Waals surface area contributed by atoms with E-state index in [-0.39, 0.29) is 23.2 Å². The number of hydrogen-bond acceptors (Lipinski definition) is 6. The highest BCUT2D eigenvalue weighted by atomic mass is 32.2. The first kappa shape index (κ1) is 20.8. The van der Waals surface area contributed by atoms with Crippen LogP contribution in [0.5, 0.6) is 5.75 Å². The molecule has 2 heterocycles. The fourth-order valence-corrected chi connectivity index (χ4v) is 4.49. The lowest BCUT2D eigenvalue weighted by Gasteiger charge is -2.35. The van der Waals surface area contributed by atoms with Gasteiger partial charge in [-0.3, -0.25) is 19.7 Å². The molecule has 0 aromatic heterocycles. The molecule has 2 aromatic rings. The molecule has 2 N–H and O–H groups in total. The van der Waals surface area contributed by atoms with Crippen LogP contribution in [0.1, 0.15) is 28.4 Å². The number of hydrogen-bond donors (Lipinski definition) is 2. The van der Waals surface area contributed by atoms with E-state index in [9.17, 15) is 14.4 Å². The van der Waals surface area contributed by atoms with Gasteiger partial charge in [0.1, 0.15) is 5.75 Å². The lowest BCUT2D eigenvalue weighted by Crippen LogP contribution is -2.51. The maximum Gasteiger partial charge on any atom is 0.286 e. The van der Waals surface area contributed by atoms with E-state index in [0.29, 0.717) is 29.8 Å². The average molecular weight is 436 g/mol. The van der Waals surface area contributed by atoms with Crippen molar-refractivity contribution in [3.05, 3.63) is 59.2 Å². The first-order valence-corrected chi connectivity index (χ1v) is 10.7. The molecule has 2 aromatic carbocycles. The number of ether oxygens (including phenoxy) is 1. The Morgan fingerprint density at radius 2 is 1.97 bits per heavy atom. The zero-order valence-corrected chi connectivity index (χ0v) is 17.9. The number of imide groups is 1. The standard InChI is InChI=1S/C23H21N3O4S/c1-14-24-21(27)17-7-3-4-8-18(17)26(14)11-5-6-16-12-15(9-10-19(16)30-2)13-20-22(28)25-23(29)31-20/h3-4,7-10,12,14,20H,11,13H2,1-2H3,(H,24,27)(H,25,28,29). The van der Waals surface area contributed by atoms with Gasteiger partial charge < -0.3 is 15.0 Å². The summed E-state index contributed by atoms with van der Waals surface area (Å²) in [5.74, 6) is 6.61. The molecule has 4 rings (SSSR count). The Morgan fingerprint density at radius 1 is 1.16 bits per heavy atom. The summed E-state index contributed by atoms with van der Waals surface area (Å²) >= 11 is 1.01. The van der Waals surface area contributed by atoms with Crippen LogP contribution in [0.4, 0.5) is 10.5 Å². The van der Waals surface area contributed by atoms with Crippen LogP contribution in [0.3, 0.4) is 0 Å². The topological polar surface area (TPSA) is 87.7 Å². The van der Waals surface area contributed by atoms with Crippen molar-refractivity contribution in [3.63, 3.8) is 0 Å². The van der Waals surface area contributed by atoms with Crippen molar-refractivity contribution in [1.82, 2.24) is 10.6 Å². The zero-order chi connectivity index (χ0) is 22.0. The predicted molar refractivity (Wildman–Crippen MR) is 119 cm³/mol. The Morgan fingerprint density at radius 3 is 2.71 bits per heavy atom. The van der Waals surface area contributed by atoms with Gasteiger partial charge in [0.2, 0.25) is 5.91 Å². The van der Waals surface area contributed by atoms with Gasteiger partial charge in [-0.25, -0.2) is 0 Å². The molecule has 2 unspecified atom stereocenters. The maximum atomic E-state index is 12.2. The summed E-state index contributed by atoms with van der Waals surface area (Å²) in [5.41, 5.74) is 3.08. The highest BCUT2D eigenvalue weighted by Crippen LogP contribution is 2.27. The van der Waals surface area contributed by atoms with Crippen LogP contribution in [0.2, 0.25) is 0 Å². The van der Waals surface area contributed by atoms with Crippen LogP contribution in [-0.2, 0) is 11.2 Å². The highest BCUT2D eigenvalue weighted by Gasteiger charge is 2.31. The number of anilines is 1. The molecule has 3 amide bonds. The Kier molecular flexibility index (Phi) is 5.87. The van der Waals surface area contributed by atoms with E-state index >= 15 is 0 Å². The fraction of sp³-hybridized carbons (Fsp3) is 0.261. The van der Waals surface area contributed by atoms with Gasteiger partial charge in [0.25, 0.3) is 11.1 Å². The number of nitrogens with one attached hydrogen (secondary N) is 2. The molecule has 158 valence electrons. The molecule has 2 aliphatic heterocycles. The van der Waals surface area contributed by atoms with E-state index < -0.39 is 5.25 Å². The largest absolute Gasteiger partial charge is 0.495 e. The number of carbonyl (C=O) groups is 3. The van der Waals surface area contributed by atoms with Crippen molar-refractivity contribution >= 4 is 34.5 Å². The molecule has 0 radical (unpaired) electrons.